The van der Waals surface area contributed by atoms with Crippen LogP contribution in [0, 0.1) is 17.8 Å². The first-order valence-electron chi connectivity index (χ1n) is 7.09. The zero-order valence-corrected chi connectivity index (χ0v) is 11.1. The first kappa shape index (κ1) is 11.8. The molecule has 3 fully saturated rings. The molecule has 3 heterocycles. The van der Waals surface area contributed by atoms with Crippen LogP contribution in [0.15, 0.2) is 18.7 Å². The van der Waals surface area contributed by atoms with E-state index in [1.165, 1.54) is 6.33 Å². The summed E-state index contributed by atoms with van der Waals surface area (Å²) in [7, 11) is 0. The van der Waals surface area contributed by atoms with Gasteiger partial charge in [0.05, 0.1) is 24.0 Å². The van der Waals surface area contributed by atoms with E-state index in [2.05, 4.69) is 9.97 Å². The van der Waals surface area contributed by atoms with Crippen LogP contribution in [0.1, 0.15) is 12.8 Å². The SMILES string of the molecule is O=C(C1CC1)N1C[C@H]2CN(c3cncnc3)C(=O)[C@H]2C1. The molecule has 2 amide bonds. The smallest absolute Gasteiger partial charge is 0.232 e. The highest BCUT2D eigenvalue weighted by molar-refractivity contribution is 5.98. The molecular weight excluding hydrogens is 256 g/mol. The number of fused-ring (bicyclic) bond motifs is 1. The van der Waals surface area contributed by atoms with Gasteiger partial charge in [0, 0.05) is 31.5 Å². The highest BCUT2D eigenvalue weighted by Crippen LogP contribution is 2.38. The Morgan fingerprint density at radius 1 is 1.15 bits per heavy atom. The normalized spacial score (nSPS) is 28.9. The molecule has 0 N–H and O–H groups in total. The van der Waals surface area contributed by atoms with Crippen molar-refractivity contribution in [2.45, 2.75) is 12.8 Å². The first-order chi connectivity index (χ1) is 9.74. The molecular formula is C14H16N4O2. The van der Waals surface area contributed by atoms with Crippen LogP contribution in [-0.4, -0.2) is 46.3 Å². The molecule has 3 aliphatic rings. The molecule has 0 spiro atoms. The lowest BCUT2D eigenvalue weighted by atomic mass is 10.0. The van der Waals surface area contributed by atoms with Gasteiger partial charge in [0.2, 0.25) is 11.8 Å². The van der Waals surface area contributed by atoms with Crippen molar-refractivity contribution in [1.82, 2.24) is 14.9 Å². The Balaban J connectivity index is 1.49. The summed E-state index contributed by atoms with van der Waals surface area (Å²) in [5.74, 6) is 0.809. The average Bonchev–Trinajstić information content (AvgIpc) is 3.17. The van der Waals surface area contributed by atoms with Crippen molar-refractivity contribution in [2.24, 2.45) is 17.8 Å². The highest BCUT2D eigenvalue weighted by Gasteiger charge is 2.49. The summed E-state index contributed by atoms with van der Waals surface area (Å²) in [5, 5.41) is 0. The summed E-state index contributed by atoms with van der Waals surface area (Å²) in [6, 6.07) is 0. The Hall–Kier alpha value is -1.98. The van der Waals surface area contributed by atoms with Gasteiger partial charge in [0.15, 0.2) is 0 Å². The van der Waals surface area contributed by atoms with Crippen molar-refractivity contribution in [3.63, 3.8) is 0 Å². The topological polar surface area (TPSA) is 66.4 Å². The van der Waals surface area contributed by atoms with E-state index in [1.807, 2.05) is 4.90 Å². The molecule has 104 valence electrons. The van der Waals surface area contributed by atoms with Crippen molar-refractivity contribution in [3.8, 4) is 0 Å². The van der Waals surface area contributed by atoms with Crippen LogP contribution < -0.4 is 4.90 Å². The number of carbonyl (C=O) groups is 2. The van der Waals surface area contributed by atoms with Gasteiger partial charge in [-0.2, -0.15) is 0 Å². The van der Waals surface area contributed by atoms with Crippen LogP contribution in [0.5, 0.6) is 0 Å². The lowest BCUT2D eigenvalue weighted by Crippen LogP contribution is -2.36. The number of likely N-dealkylation sites (tertiary alicyclic amines) is 1. The quantitative estimate of drug-likeness (QED) is 0.777. The molecule has 4 rings (SSSR count). The fraction of sp³-hybridized carbons (Fsp3) is 0.571. The lowest BCUT2D eigenvalue weighted by Gasteiger charge is -2.21. The van der Waals surface area contributed by atoms with Crippen LogP contribution >= 0.6 is 0 Å². The maximum atomic E-state index is 12.5. The maximum absolute atomic E-state index is 12.5. The highest BCUT2D eigenvalue weighted by atomic mass is 16.2. The third-order valence-electron chi connectivity index (χ3n) is 4.54. The molecule has 6 nitrogen and oxygen atoms in total. The Morgan fingerprint density at radius 2 is 1.90 bits per heavy atom. The van der Waals surface area contributed by atoms with E-state index >= 15 is 0 Å². The van der Waals surface area contributed by atoms with Crippen LogP contribution in [-0.2, 0) is 9.59 Å². The number of aromatic nitrogens is 2. The number of hydrogen-bond acceptors (Lipinski definition) is 4. The van der Waals surface area contributed by atoms with Crippen LogP contribution in [0.3, 0.4) is 0 Å². The van der Waals surface area contributed by atoms with Gasteiger partial charge in [-0.1, -0.05) is 0 Å². The summed E-state index contributed by atoms with van der Waals surface area (Å²) in [6.07, 6.45) is 6.83. The van der Waals surface area contributed by atoms with Crippen molar-refractivity contribution >= 4 is 17.5 Å². The number of nitrogens with zero attached hydrogens (tertiary/aromatic N) is 4. The van der Waals surface area contributed by atoms with Gasteiger partial charge in [-0.25, -0.2) is 9.97 Å². The van der Waals surface area contributed by atoms with Crippen LogP contribution in [0.25, 0.3) is 0 Å². The van der Waals surface area contributed by atoms with Crippen LogP contribution in [0.4, 0.5) is 5.69 Å². The molecule has 1 aromatic heterocycles. The summed E-state index contributed by atoms with van der Waals surface area (Å²) < 4.78 is 0. The molecule has 1 saturated carbocycles. The van der Waals surface area contributed by atoms with E-state index < -0.39 is 0 Å². The second kappa shape index (κ2) is 4.26. The maximum Gasteiger partial charge on any atom is 0.232 e. The summed E-state index contributed by atoms with van der Waals surface area (Å²) in [4.78, 5) is 36.1. The summed E-state index contributed by atoms with van der Waals surface area (Å²) in [5.41, 5.74) is 0.756. The molecule has 2 aliphatic heterocycles. The molecule has 6 heteroatoms. The second-order valence-electron chi connectivity index (χ2n) is 5.93. The summed E-state index contributed by atoms with van der Waals surface area (Å²) in [6.45, 7) is 1.98. The third-order valence-corrected chi connectivity index (χ3v) is 4.54. The number of anilines is 1. The van der Waals surface area contributed by atoms with Crippen molar-refractivity contribution in [3.05, 3.63) is 18.7 Å². The molecule has 2 atom stereocenters. The zero-order chi connectivity index (χ0) is 13.7. The van der Waals surface area contributed by atoms with Gasteiger partial charge in [0.1, 0.15) is 6.33 Å². The van der Waals surface area contributed by atoms with Gasteiger partial charge in [-0.3, -0.25) is 9.59 Å². The van der Waals surface area contributed by atoms with Gasteiger partial charge < -0.3 is 9.80 Å². The van der Waals surface area contributed by atoms with Crippen molar-refractivity contribution in [1.29, 1.82) is 0 Å². The Morgan fingerprint density at radius 3 is 2.55 bits per heavy atom. The third kappa shape index (κ3) is 1.78. The van der Waals surface area contributed by atoms with Gasteiger partial charge in [-0.15, -0.1) is 0 Å². The van der Waals surface area contributed by atoms with E-state index in [-0.39, 0.29) is 29.6 Å². The van der Waals surface area contributed by atoms with Gasteiger partial charge >= 0.3 is 0 Å². The molecule has 0 radical (unpaired) electrons. The van der Waals surface area contributed by atoms with E-state index in [1.54, 1.807) is 17.3 Å². The fourth-order valence-electron chi connectivity index (χ4n) is 3.29. The second-order valence-corrected chi connectivity index (χ2v) is 5.93. The van der Waals surface area contributed by atoms with Gasteiger partial charge in [0.25, 0.3) is 0 Å². The largest absolute Gasteiger partial charge is 0.341 e. The molecule has 1 aromatic rings. The van der Waals surface area contributed by atoms with E-state index in [0.717, 1.165) is 25.1 Å². The first-order valence-corrected chi connectivity index (χ1v) is 7.09. The molecule has 2 saturated heterocycles. The molecule has 1 aliphatic carbocycles. The number of carbonyl (C=O) groups excluding carboxylic acids is 2. The Kier molecular flexibility index (Phi) is 2.52. The van der Waals surface area contributed by atoms with Crippen LogP contribution in [0.2, 0.25) is 0 Å². The minimum atomic E-state index is -0.0436. The Labute approximate surface area is 116 Å². The average molecular weight is 272 g/mol. The summed E-state index contributed by atoms with van der Waals surface area (Å²) >= 11 is 0. The monoisotopic (exact) mass is 272 g/mol. The number of hydrogen-bond donors (Lipinski definition) is 0. The minimum Gasteiger partial charge on any atom is -0.341 e. The molecule has 0 unspecified atom stereocenters. The zero-order valence-electron chi connectivity index (χ0n) is 11.1. The van der Waals surface area contributed by atoms with Crippen molar-refractivity contribution in [2.75, 3.05) is 24.5 Å². The van der Waals surface area contributed by atoms with Crippen molar-refractivity contribution < 1.29 is 9.59 Å². The van der Waals surface area contributed by atoms with E-state index in [0.29, 0.717) is 13.1 Å². The standard InChI is InChI=1S/C14H16N4O2/c19-13(9-1-2-9)17-5-10-6-18(14(20)12(10)7-17)11-3-15-8-16-4-11/h3-4,8-10,12H,1-2,5-7H2/t10-,12-/m0/s1. The van der Waals surface area contributed by atoms with E-state index in [4.69, 9.17) is 0 Å². The van der Waals surface area contributed by atoms with Gasteiger partial charge in [-0.05, 0) is 12.8 Å². The predicted molar refractivity (Wildman–Crippen MR) is 70.7 cm³/mol. The lowest BCUT2D eigenvalue weighted by molar-refractivity contribution is -0.132. The van der Waals surface area contributed by atoms with E-state index in [9.17, 15) is 9.59 Å². The molecule has 0 bridgehead atoms. The fourth-order valence-corrected chi connectivity index (χ4v) is 3.29. The molecule has 0 aromatic carbocycles. The number of rotatable bonds is 2. The number of amides is 2. The molecule has 20 heavy (non-hydrogen) atoms. The predicted octanol–water partition coefficient (Wildman–Crippen LogP) is 0.308. The Bertz CT molecular complexity index is 558. The minimum absolute atomic E-state index is 0.0436.